The average Bonchev–Trinajstić information content (AvgIpc) is 2.77. The molecular weight excluding hydrogens is 380 g/mol. The number of aliphatic carboxylic acids is 1. The summed E-state index contributed by atoms with van der Waals surface area (Å²) in [5.74, 6) is -0.954. The van der Waals surface area contributed by atoms with Gasteiger partial charge < -0.3 is 5.11 Å². The Kier molecular flexibility index (Phi) is 6.93. The van der Waals surface area contributed by atoms with E-state index in [0.717, 1.165) is 11.1 Å². The second-order valence-electron chi connectivity index (χ2n) is 7.21. The molecule has 0 aliphatic heterocycles. The monoisotopic (exact) mass is 404 g/mol. The van der Waals surface area contributed by atoms with E-state index >= 15 is 0 Å². The number of carbonyl (C=O) groups is 1. The molecule has 3 rings (SSSR count). The SMILES string of the molecule is C[C@H](c1ccccc1)N(Cc1ccccc1)C(CC(=O)O)c1cccc([N+](=O)[O-])c1. The Morgan fingerprint density at radius 2 is 1.57 bits per heavy atom. The van der Waals surface area contributed by atoms with Gasteiger partial charge in [-0.2, -0.15) is 0 Å². The molecule has 0 aliphatic rings. The van der Waals surface area contributed by atoms with Gasteiger partial charge in [0.25, 0.3) is 5.69 Å². The molecule has 0 bridgehead atoms. The minimum absolute atomic E-state index is 0.0464. The first-order valence-corrected chi connectivity index (χ1v) is 9.76. The van der Waals surface area contributed by atoms with E-state index in [2.05, 4.69) is 4.90 Å². The van der Waals surface area contributed by atoms with Crippen LogP contribution in [0.1, 0.15) is 42.1 Å². The van der Waals surface area contributed by atoms with Crippen molar-refractivity contribution in [1.82, 2.24) is 4.90 Å². The number of nitro groups is 1. The van der Waals surface area contributed by atoms with E-state index in [1.54, 1.807) is 12.1 Å². The summed E-state index contributed by atoms with van der Waals surface area (Å²) in [5, 5.41) is 20.9. The van der Waals surface area contributed by atoms with E-state index in [1.165, 1.54) is 12.1 Å². The third-order valence-electron chi connectivity index (χ3n) is 5.22. The van der Waals surface area contributed by atoms with Crippen LogP contribution in [-0.4, -0.2) is 20.9 Å². The molecule has 1 N–H and O–H groups in total. The van der Waals surface area contributed by atoms with Crippen molar-refractivity contribution < 1.29 is 14.8 Å². The normalized spacial score (nSPS) is 13.0. The molecule has 0 amide bonds. The molecule has 0 fully saturated rings. The lowest BCUT2D eigenvalue weighted by molar-refractivity contribution is -0.385. The van der Waals surface area contributed by atoms with E-state index in [4.69, 9.17) is 0 Å². The molecular formula is C24H24N2O4. The van der Waals surface area contributed by atoms with E-state index in [9.17, 15) is 20.0 Å². The van der Waals surface area contributed by atoms with Crippen LogP contribution in [0, 0.1) is 10.1 Å². The van der Waals surface area contributed by atoms with Crippen molar-refractivity contribution in [3.8, 4) is 0 Å². The van der Waals surface area contributed by atoms with Gasteiger partial charge >= 0.3 is 5.97 Å². The number of carboxylic acid groups (broad SMARTS) is 1. The summed E-state index contributed by atoms with van der Waals surface area (Å²) in [4.78, 5) is 24.7. The number of rotatable bonds is 9. The highest BCUT2D eigenvalue weighted by atomic mass is 16.6. The second kappa shape index (κ2) is 9.80. The Labute approximate surface area is 175 Å². The predicted molar refractivity (Wildman–Crippen MR) is 115 cm³/mol. The minimum Gasteiger partial charge on any atom is -0.481 e. The number of benzene rings is 3. The zero-order chi connectivity index (χ0) is 21.5. The van der Waals surface area contributed by atoms with E-state index in [1.807, 2.05) is 67.6 Å². The van der Waals surface area contributed by atoms with Crippen LogP contribution >= 0.6 is 0 Å². The lowest BCUT2D eigenvalue weighted by Gasteiger charge is -2.36. The molecule has 0 aliphatic carbocycles. The fraction of sp³-hybridized carbons (Fsp3) is 0.208. The summed E-state index contributed by atoms with van der Waals surface area (Å²) in [6.45, 7) is 2.54. The molecule has 0 radical (unpaired) electrons. The Morgan fingerprint density at radius 3 is 2.17 bits per heavy atom. The summed E-state index contributed by atoms with van der Waals surface area (Å²) >= 11 is 0. The lowest BCUT2D eigenvalue weighted by Crippen LogP contribution is -2.32. The fourth-order valence-electron chi connectivity index (χ4n) is 3.67. The first-order chi connectivity index (χ1) is 14.5. The summed E-state index contributed by atoms with van der Waals surface area (Å²) in [6, 6.07) is 25.3. The van der Waals surface area contributed by atoms with Crippen LogP contribution < -0.4 is 0 Å². The van der Waals surface area contributed by atoms with Crippen LogP contribution in [0.15, 0.2) is 84.9 Å². The predicted octanol–water partition coefficient (Wildman–Crippen LogP) is 5.37. The van der Waals surface area contributed by atoms with E-state index in [0.29, 0.717) is 12.1 Å². The van der Waals surface area contributed by atoms with Crippen molar-refractivity contribution in [1.29, 1.82) is 0 Å². The Hall–Kier alpha value is -3.51. The summed E-state index contributed by atoms with van der Waals surface area (Å²) in [5.41, 5.74) is 2.66. The summed E-state index contributed by atoms with van der Waals surface area (Å²) in [6.07, 6.45) is -0.162. The fourth-order valence-corrected chi connectivity index (χ4v) is 3.67. The standard InChI is InChI=1S/C24H24N2O4/c1-18(20-11-6-3-7-12-20)25(17-19-9-4-2-5-10-19)23(16-24(27)28)21-13-8-14-22(15-21)26(29)30/h2-15,18,23H,16-17H2,1H3,(H,27,28)/t18-,23?/m1/s1. The summed E-state index contributed by atoms with van der Waals surface area (Å²) in [7, 11) is 0. The van der Waals surface area contributed by atoms with Gasteiger partial charge in [0.1, 0.15) is 0 Å². The van der Waals surface area contributed by atoms with Gasteiger partial charge in [-0.05, 0) is 23.6 Å². The molecule has 30 heavy (non-hydrogen) atoms. The van der Waals surface area contributed by atoms with Gasteiger partial charge in [0.15, 0.2) is 0 Å². The van der Waals surface area contributed by atoms with Gasteiger partial charge in [-0.1, -0.05) is 72.8 Å². The maximum atomic E-state index is 11.8. The van der Waals surface area contributed by atoms with Gasteiger partial charge in [0.2, 0.25) is 0 Å². The van der Waals surface area contributed by atoms with E-state index < -0.39 is 16.9 Å². The zero-order valence-corrected chi connectivity index (χ0v) is 16.7. The van der Waals surface area contributed by atoms with Gasteiger partial charge in [0, 0.05) is 30.8 Å². The Morgan fingerprint density at radius 1 is 0.967 bits per heavy atom. The number of nitrogens with zero attached hydrogens (tertiary/aromatic N) is 2. The first kappa shape index (κ1) is 21.2. The average molecular weight is 404 g/mol. The highest BCUT2D eigenvalue weighted by molar-refractivity contribution is 5.68. The maximum Gasteiger partial charge on any atom is 0.305 e. The van der Waals surface area contributed by atoms with Crippen LogP contribution in [0.5, 0.6) is 0 Å². The summed E-state index contributed by atoms with van der Waals surface area (Å²) < 4.78 is 0. The van der Waals surface area contributed by atoms with Crippen molar-refractivity contribution in [2.24, 2.45) is 0 Å². The molecule has 3 aromatic carbocycles. The topological polar surface area (TPSA) is 83.7 Å². The molecule has 0 saturated heterocycles. The van der Waals surface area contributed by atoms with Crippen molar-refractivity contribution >= 4 is 11.7 Å². The molecule has 0 saturated carbocycles. The Balaban J connectivity index is 2.07. The van der Waals surface area contributed by atoms with Crippen LogP contribution in [0.4, 0.5) is 5.69 Å². The van der Waals surface area contributed by atoms with Crippen LogP contribution in [0.25, 0.3) is 0 Å². The molecule has 0 heterocycles. The molecule has 0 aromatic heterocycles. The second-order valence-corrected chi connectivity index (χ2v) is 7.21. The number of hydrogen-bond donors (Lipinski definition) is 1. The molecule has 6 nitrogen and oxygen atoms in total. The third kappa shape index (κ3) is 5.30. The maximum absolute atomic E-state index is 11.8. The molecule has 3 aromatic rings. The van der Waals surface area contributed by atoms with Gasteiger partial charge in [-0.15, -0.1) is 0 Å². The van der Waals surface area contributed by atoms with Gasteiger partial charge in [-0.3, -0.25) is 19.8 Å². The van der Waals surface area contributed by atoms with Crippen LogP contribution in [0.2, 0.25) is 0 Å². The Bertz CT molecular complexity index is 992. The van der Waals surface area contributed by atoms with Crippen LogP contribution in [-0.2, 0) is 11.3 Å². The molecule has 154 valence electrons. The van der Waals surface area contributed by atoms with Crippen LogP contribution in [0.3, 0.4) is 0 Å². The molecule has 1 unspecified atom stereocenters. The molecule has 0 spiro atoms. The van der Waals surface area contributed by atoms with Crippen molar-refractivity contribution in [2.75, 3.05) is 0 Å². The van der Waals surface area contributed by atoms with Gasteiger partial charge in [0.05, 0.1) is 11.3 Å². The van der Waals surface area contributed by atoms with Crippen molar-refractivity contribution in [3.63, 3.8) is 0 Å². The number of nitro benzene ring substituents is 1. The first-order valence-electron chi connectivity index (χ1n) is 9.76. The highest BCUT2D eigenvalue weighted by Crippen LogP contribution is 2.35. The molecule has 6 heteroatoms. The number of hydrogen-bond acceptors (Lipinski definition) is 4. The third-order valence-corrected chi connectivity index (χ3v) is 5.22. The van der Waals surface area contributed by atoms with Crippen molar-refractivity contribution in [3.05, 3.63) is 112 Å². The minimum atomic E-state index is -0.954. The van der Waals surface area contributed by atoms with Gasteiger partial charge in [-0.25, -0.2) is 0 Å². The largest absolute Gasteiger partial charge is 0.481 e. The van der Waals surface area contributed by atoms with Crippen molar-refractivity contribution in [2.45, 2.75) is 32.0 Å². The smallest absolute Gasteiger partial charge is 0.305 e. The lowest BCUT2D eigenvalue weighted by atomic mass is 9.96. The van der Waals surface area contributed by atoms with E-state index in [-0.39, 0.29) is 18.2 Å². The molecule has 2 atom stereocenters. The zero-order valence-electron chi connectivity index (χ0n) is 16.7. The quantitative estimate of drug-likeness (QED) is 0.383. The highest BCUT2D eigenvalue weighted by Gasteiger charge is 2.29. The number of non-ortho nitro benzene ring substituents is 1. The number of carboxylic acids is 1.